The normalized spacial score (nSPS) is 12.3. The number of aromatic nitrogens is 1. The zero-order chi connectivity index (χ0) is 19.4. The fraction of sp³-hybridized carbons (Fsp3) is 0.286. The van der Waals surface area contributed by atoms with Gasteiger partial charge in [0, 0.05) is 42.3 Å². The van der Waals surface area contributed by atoms with Gasteiger partial charge >= 0.3 is 6.03 Å². The lowest BCUT2D eigenvalue weighted by Gasteiger charge is -2.24. The maximum absolute atomic E-state index is 12.2. The maximum Gasteiger partial charge on any atom is 0.315 e. The molecule has 5 nitrogen and oxygen atoms in total. The molecular weight excluding hydrogens is 360 g/mol. The van der Waals surface area contributed by atoms with E-state index in [0.29, 0.717) is 18.1 Å². The van der Waals surface area contributed by atoms with Crippen LogP contribution in [0.3, 0.4) is 0 Å². The highest BCUT2D eigenvalue weighted by Gasteiger charge is 2.19. The Labute approximate surface area is 164 Å². The number of urea groups is 1. The molecule has 0 radical (unpaired) electrons. The molecule has 0 saturated carbocycles. The zero-order valence-electron chi connectivity index (χ0n) is 15.9. The van der Waals surface area contributed by atoms with E-state index in [4.69, 9.17) is 11.6 Å². The smallest absolute Gasteiger partial charge is 0.315 e. The highest BCUT2D eigenvalue weighted by atomic mass is 35.5. The Morgan fingerprint density at radius 2 is 1.81 bits per heavy atom. The van der Waals surface area contributed by atoms with Crippen molar-refractivity contribution in [3.05, 3.63) is 70.9 Å². The molecule has 142 valence electrons. The molecule has 3 aromatic rings. The van der Waals surface area contributed by atoms with Crippen molar-refractivity contribution >= 4 is 28.5 Å². The Bertz CT molecular complexity index is 918. The second-order valence-corrected chi connectivity index (χ2v) is 7.32. The van der Waals surface area contributed by atoms with Crippen molar-refractivity contribution < 1.29 is 4.79 Å². The molecule has 3 rings (SSSR count). The number of hydrogen-bond donors (Lipinski definition) is 2. The third kappa shape index (κ3) is 4.62. The van der Waals surface area contributed by atoms with Gasteiger partial charge in [-0.05, 0) is 43.4 Å². The molecular formula is C21H25ClN4O. The van der Waals surface area contributed by atoms with E-state index < -0.39 is 0 Å². The van der Waals surface area contributed by atoms with E-state index >= 15 is 0 Å². The van der Waals surface area contributed by atoms with Crippen molar-refractivity contribution in [3.8, 4) is 0 Å². The van der Waals surface area contributed by atoms with Crippen LogP contribution < -0.4 is 10.6 Å². The summed E-state index contributed by atoms with van der Waals surface area (Å²) in [4.78, 5) is 14.4. The highest BCUT2D eigenvalue weighted by Crippen LogP contribution is 2.28. The Morgan fingerprint density at radius 3 is 2.52 bits per heavy atom. The summed E-state index contributed by atoms with van der Waals surface area (Å²) < 4.78 is 2.13. The van der Waals surface area contributed by atoms with Crippen LogP contribution in [0, 0.1) is 0 Å². The van der Waals surface area contributed by atoms with Crippen LogP contribution in [-0.2, 0) is 13.6 Å². The van der Waals surface area contributed by atoms with Gasteiger partial charge in [-0.25, -0.2) is 4.79 Å². The Morgan fingerprint density at radius 1 is 1.11 bits per heavy atom. The summed E-state index contributed by atoms with van der Waals surface area (Å²) in [7, 11) is 6.10. The van der Waals surface area contributed by atoms with Gasteiger partial charge in [0.15, 0.2) is 0 Å². The molecule has 1 atom stereocenters. The molecule has 0 spiro atoms. The number of nitrogens with zero attached hydrogens (tertiary/aromatic N) is 2. The number of rotatable bonds is 6. The Hall–Kier alpha value is -2.50. The van der Waals surface area contributed by atoms with Crippen molar-refractivity contribution in [1.29, 1.82) is 0 Å². The quantitative estimate of drug-likeness (QED) is 0.676. The van der Waals surface area contributed by atoms with Crippen LogP contribution in [0.5, 0.6) is 0 Å². The third-order valence-electron chi connectivity index (χ3n) is 4.73. The SMILES string of the molecule is CN(C)C(CNC(=O)NCc1ccc(Cl)cc1)c1cn(C)c2ccccc12. The van der Waals surface area contributed by atoms with Gasteiger partial charge in [0.2, 0.25) is 0 Å². The van der Waals surface area contributed by atoms with Gasteiger partial charge < -0.3 is 20.1 Å². The minimum Gasteiger partial charge on any atom is -0.350 e. The third-order valence-corrected chi connectivity index (χ3v) is 4.98. The number of carbonyl (C=O) groups excluding carboxylic acids is 1. The lowest BCUT2D eigenvalue weighted by molar-refractivity contribution is 0.232. The number of fused-ring (bicyclic) bond motifs is 1. The number of benzene rings is 2. The Balaban J connectivity index is 1.64. The lowest BCUT2D eigenvalue weighted by atomic mass is 10.0. The van der Waals surface area contributed by atoms with Crippen molar-refractivity contribution in [2.45, 2.75) is 12.6 Å². The number of hydrogen-bond acceptors (Lipinski definition) is 2. The molecule has 0 aliphatic heterocycles. The molecule has 0 fully saturated rings. The lowest BCUT2D eigenvalue weighted by Crippen LogP contribution is -2.40. The minimum atomic E-state index is -0.183. The molecule has 6 heteroatoms. The van der Waals surface area contributed by atoms with Crippen LogP contribution in [0.15, 0.2) is 54.7 Å². The number of para-hydroxylation sites is 1. The van der Waals surface area contributed by atoms with E-state index in [9.17, 15) is 4.79 Å². The number of carbonyl (C=O) groups is 1. The van der Waals surface area contributed by atoms with Crippen molar-refractivity contribution in [1.82, 2.24) is 20.1 Å². The number of amides is 2. The van der Waals surface area contributed by atoms with E-state index in [-0.39, 0.29) is 12.1 Å². The molecule has 0 saturated heterocycles. The number of aryl methyl sites for hydroxylation is 1. The van der Waals surface area contributed by atoms with Crippen molar-refractivity contribution in [3.63, 3.8) is 0 Å². The van der Waals surface area contributed by atoms with E-state index in [2.05, 4.69) is 38.4 Å². The molecule has 0 bridgehead atoms. The summed E-state index contributed by atoms with van der Waals surface area (Å²) in [6, 6.07) is 15.7. The average molecular weight is 385 g/mol. The highest BCUT2D eigenvalue weighted by molar-refractivity contribution is 6.30. The van der Waals surface area contributed by atoms with Crippen molar-refractivity contribution in [2.24, 2.45) is 7.05 Å². The first-order chi connectivity index (χ1) is 13.0. The fourth-order valence-corrected chi connectivity index (χ4v) is 3.37. The van der Waals surface area contributed by atoms with E-state index in [1.54, 1.807) is 0 Å². The zero-order valence-corrected chi connectivity index (χ0v) is 16.6. The fourth-order valence-electron chi connectivity index (χ4n) is 3.25. The number of halogens is 1. The Kier molecular flexibility index (Phi) is 6.04. The molecule has 1 heterocycles. The summed E-state index contributed by atoms with van der Waals surface area (Å²) in [5.41, 5.74) is 3.40. The van der Waals surface area contributed by atoms with Gasteiger partial charge in [-0.2, -0.15) is 0 Å². The molecule has 2 amide bonds. The number of likely N-dealkylation sites (N-methyl/N-ethyl adjacent to an activating group) is 1. The number of nitrogens with one attached hydrogen (secondary N) is 2. The summed E-state index contributed by atoms with van der Waals surface area (Å²) in [5, 5.41) is 7.78. The maximum atomic E-state index is 12.2. The van der Waals surface area contributed by atoms with Gasteiger partial charge in [-0.1, -0.05) is 41.9 Å². The first-order valence-electron chi connectivity index (χ1n) is 8.92. The average Bonchev–Trinajstić information content (AvgIpc) is 2.98. The summed E-state index contributed by atoms with van der Waals surface area (Å²) >= 11 is 5.88. The molecule has 27 heavy (non-hydrogen) atoms. The first-order valence-corrected chi connectivity index (χ1v) is 9.30. The van der Waals surface area contributed by atoms with Crippen molar-refractivity contribution in [2.75, 3.05) is 20.6 Å². The van der Waals surface area contributed by atoms with E-state index in [0.717, 1.165) is 5.56 Å². The van der Waals surface area contributed by atoms with Crippen LogP contribution in [0.25, 0.3) is 10.9 Å². The standard InChI is InChI=1S/C21H25ClN4O/c1-25(2)20(18-14-26(3)19-7-5-4-6-17(18)19)13-24-21(27)23-12-15-8-10-16(22)11-9-15/h4-11,14,20H,12-13H2,1-3H3,(H2,23,24,27). The summed E-state index contributed by atoms with van der Waals surface area (Å²) in [6.07, 6.45) is 2.14. The van der Waals surface area contributed by atoms with Crippen LogP contribution in [0.4, 0.5) is 4.79 Å². The second-order valence-electron chi connectivity index (χ2n) is 6.88. The second kappa shape index (κ2) is 8.46. The van der Waals surface area contributed by atoms with Crippen LogP contribution in [0.2, 0.25) is 5.02 Å². The van der Waals surface area contributed by atoms with Gasteiger partial charge in [-0.15, -0.1) is 0 Å². The van der Waals surface area contributed by atoms with Gasteiger partial charge in [-0.3, -0.25) is 0 Å². The largest absolute Gasteiger partial charge is 0.350 e. The van der Waals surface area contributed by atoms with Gasteiger partial charge in [0.05, 0.1) is 6.04 Å². The first kappa shape index (κ1) is 19.3. The monoisotopic (exact) mass is 384 g/mol. The molecule has 1 unspecified atom stereocenters. The molecule has 0 aliphatic rings. The minimum absolute atomic E-state index is 0.0809. The summed E-state index contributed by atoms with van der Waals surface area (Å²) in [6.45, 7) is 0.983. The van der Waals surface area contributed by atoms with Crippen LogP contribution in [0.1, 0.15) is 17.2 Å². The molecule has 0 aliphatic carbocycles. The molecule has 1 aromatic heterocycles. The topological polar surface area (TPSA) is 49.3 Å². The van der Waals surface area contributed by atoms with E-state index in [1.165, 1.54) is 16.5 Å². The van der Waals surface area contributed by atoms with Crippen LogP contribution in [-0.4, -0.2) is 36.1 Å². The van der Waals surface area contributed by atoms with Gasteiger partial charge in [0.1, 0.15) is 0 Å². The van der Waals surface area contributed by atoms with Crippen LogP contribution >= 0.6 is 11.6 Å². The predicted octanol–water partition coefficient (Wildman–Crippen LogP) is 3.93. The summed E-state index contributed by atoms with van der Waals surface area (Å²) in [5.74, 6) is 0. The molecule has 2 aromatic carbocycles. The molecule has 2 N–H and O–H groups in total. The van der Waals surface area contributed by atoms with E-state index in [1.807, 2.05) is 57.5 Å². The predicted molar refractivity (Wildman–Crippen MR) is 111 cm³/mol. The van der Waals surface area contributed by atoms with Gasteiger partial charge in [0.25, 0.3) is 0 Å².